The first-order chi connectivity index (χ1) is 17.9. The van der Waals surface area contributed by atoms with Crippen LogP contribution in [0.25, 0.3) is 0 Å². The number of carbonyl (C=O) groups is 3. The number of hydrogen-bond donors (Lipinski definition) is 1. The molecule has 8 nitrogen and oxygen atoms in total. The van der Waals surface area contributed by atoms with Crippen LogP contribution in [0.3, 0.4) is 0 Å². The number of allylic oxidation sites excluding steroid dienone is 2. The average molecular weight is 513 g/mol. The molecule has 3 unspecified atom stereocenters. The molecule has 0 radical (unpaired) electrons. The number of Topliss-reactive ketones (excluding diaryl/α,β-unsaturated/α-hetero) is 1. The topological polar surface area (TPSA) is 108 Å². The molecule has 1 aromatic carbocycles. The Labute approximate surface area is 217 Å². The number of hydrogen-bond acceptors (Lipinski definition) is 7. The molecule has 1 N–H and O–H groups in total. The highest BCUT2D eigenvalue weighted by Crippen LogP contribution is 2.44. The fraction of sp³-hybridized carbons (Fsp3) is 0.552. The predicted molar refractivity (Wildman–Crippen MR) is 136 cm³/mol. The third kappa shape index (κ3) is 6.48. The minimum Gasteiger partial charge on any atom is -0.493 e. The molecule has 37 heavy (non-hydrogen) atoms. The molecular formula is C29H36O8. The van der Waals surface area contributed by atoms with Crippen molar-refractivity contribution in [3.05, 3.63) is 47.6 Å². The highest BCUT2D eigenvalue weighted by atomic mass is 16.7. The third-order valence-electron chi connectivity index (χ3n) is 7.47. The summed E-state index contributed by atoms with van der Waals surface area (Å²) in [7, 11) is 1.43. The molecule has 0 amide bonds. The van der Waals surface area contributed by atoms with Crippen molar-refractivity contribution in [1.29, 1.82) is 0 Å². The number of carboxylic acid groups (broad SMARTS) is 1. The van der Waals surface area contributed by atoms with Crippen LogP contribution in [0, 0.1) is 5.92 Å². The lowest BCUT2D eigenvalue weighted by molar-refractivity contribution is -0.198. The van der Waals surface area contributed by atoms with Gasteiger partial charge in [0.25, 0.3) is 0 Å². The fourth-order valence-electron chi connectivity index (χ4n) is 5.65. The highest BCUT2D eigenvalue weighted by Gasteiger charge is 2.39. The molecule has 8 heteroatoms. The number of ether oxygens (including phenoxy) is 4. The van der Waals surface area contributed by atoms with Gasteiger partial charge >= 0.3 is 5.97 Å². The monoisotopic (exact) mass is 512 g/mol. The zero-order chi connectivity index (χ0) is 26.4. The molecule has 1 aromatic rings. The van der Waals surface area contributed by atoms with E-state index >= 15 is 0 Å². The van der Waals surface area contributed by atoms with E-state index < -0.39 is 18.5 Å². The van der Waals surface area contributed by atoms with E-state index in [2.05, 4.69) is 6.58 Å². The van der Waals surface area contributed by atoms with Crippen LogP contribution in [0.1, 0.15) is 79.6 Å². The normalized spacial score (nSPS) is 26.9. The van der Waals surface area contributed by atoms with Crippen LogP contribution >= 0.6 is 0 Å². The van der Waals surface area contributed by atoms with Crippen LogP contribution in [0.15, 0.2) is 36.4 Å². The second-order valence-corrected chi connectivity index (χ2v) is 9.91. The zero-order valence-corrected chi connectivity index (χ0v) is 21.4. The molecule has 3 aliphatic rings. The lowest BCUT2D eigenvalue weighted by Gasteiger charge is -2.33. The van der Waals surface area contributed by atoms with Crippen molar-refractivity contribution in [2.75, 3.05) is 20.3 Å². The van der Waals surface area contributed by atoms with Crippen LogP contribution in [0.5, 0.6) is 11.5 Å². The van der Waals surface area contributed by atoms with Gasteiger partial charge in [0, 0.05) is 30.4 Å². The number of carboxylic acids is 1. The molecule has 4 atom stereocenters. The quantitative estimate of drug-likeness (QED) is 0.436. The first-order valence-electron chi connectivity index (χ1n) is 13.1. The maximum Gasteiger partial charge on any atom is 0.341 e. The van der Waals surface area contributed by atoms with Gasteiger partial charge in [0.1, 0.15) is 5.78 Å². The van der Waals surface area contributed by atoms with Gasteiger partial charge in [-0.2, -0.15) is 0 Å². The van der Waals surface area contributed by atoms with E-state index in [0.29, 0.717) is 30.6 Å². The number of benzene rings is 1. The van der Waals surface area contributed by atoms with Gasteiger partial charge in [0.05, 0.1) is 13.2 Å². The van der Waals surface area contributed by atoms with E-state index in [1.807, 2.05) is 0 Å². The van der Waals surface area contributed by atoms with Gasteiger partial charge in [0.15, 0.2) is 30.2 Å². The molecule has 1 saturated heterocycles. The van der Waals surface area contributed by atoms with Crippen molar-refractivity contribution in [2.24, 2.45) is 5.92 Å². The largest absolute Gasteiger partial charge is 0.493 e. The Morgan fingerprint density at radius 2 is 2.03 bits per heavy atom. The Kier molecular flexibility index (Phi) is 9.16. The van der Waals surface area contributed by atoms with E-state index in [1.54, 1.807) is 24.3 Å². The second kappa shape index (κ2) is 12.5. The smallest absolute Gasteiger partial charge is 0.341 e. The standard InChI is InChI=1S/C29H36O8/c1-3-4-10-23(30)21-15-25(37-29-11-5-6-12-35-29)19-9-7-8-18(19)13-24(31)22-16-26(34-2)27(14-20(21)22)36-17-28(32)33/h3,13-14,16,19,21,25,29H,1,4-12,15,17H2,2H3,(H,32,33)/b18-13-/t19-,21?,25?,29?/m1/s1. The zero-order valence-electron chi connectivity index (χ0n) is 21.4. The van der Waals surface area contributed by atoms with Gasteiger partial charge in [-0.05, 0) is 75.1 Å². The van der Waals surface area contributed by atoms with Crippen LogP contribution in [0.4, 0.5) is 0 Å². The molecular weight excluding hydrogens is 476 g/mol. The summed E-state index contributed by atoms with van der Waals surface area (Å²) in [6.07, 6.45) is 9.45. The van der Waals surface area contributed by atoms with Crippen molar-refractivity contribution in [3.8, 4) is 11.5 Å². The van der Waals surface area contributed by atoms with Crippen LogP contribution in [-0.4, -0.2) is 55.4 Å². The number of methoxy groups -OCH3 is 1. The molecule has 200 valence electrons. The lowest BCUT2D eigenvalue weighted by Crippen LogP contribution is -2.34. The van der Waals surface area contributed by atoms with Crippen molar-refractivity contribution in [2.45, 2.75) is 76.1 Å². The Bertz CT molecular complexity index is 1050. The number of fused-ring (bicyclic) bond motifs is 2. The molecule has 0 aromatic heterocycles. The van der Waals surface area contributed by atoms with Gasteiger partial charge in [-0.3, -0.25) is 9.59 Å². The summed E-state index contributed by atoms with van der Waals surface area (Å²) in [6, 6.07) is 3.16. The number of carbonyl (C=O) groups excluding carboxylic acids is 2. The van der Waals surface area contributed by atoms with Gasteiger partial charge in [-0.1, -0.05) is 11.6 Å². The van der Waals surface area contributed by atoms with E-state index in [1.165, 1.54) is 7.11 Å². The SMILES string of the molecule is C=CCCC(=O)C1CC(OC2CCCCO2)[C@@H]2CCC/C2=C/C(=O)c2cc(OC)c(OCC(=O)O)cc21. The van der Waals surface area contributed by atoms with E-state index in [9.17, 15) is 14.4 Å². The Morgan fingerprint density at radius 3 is 2.73 bits per heavy atom. The summed E-state index contributed by atoms with van der Waals surface area (Å²) in [5, 5.41) is 9.14. The Morgan fingerprint density at radius 1 is 1.19 bits per heavy atom. The van der Waals surface area contributed by atoms with Crippen LogP contribution < -0.4 is 9.47 Å². The summed E-state index contributed by atoms with van der Waals surface area (Å²) in [6.45, 7) is 3.82. The third-order valence-corrected chi connectivity index (χ3v) is 7.47. The minimum absolute atomic E-state index is 0.0251. The molecule has 1 saturated carbocycles. The maximum atomic E-state index is 13.6. The summed E-state index contributed by atoms with van der Waals surface area (Å²) in [5.74, 6) is -1.55. The van der Waals surface area contributed by atoms with Gasteiger partial charge in [-0.25, -0.2) is 4.79 Å². The summed E-state index contributed by atoms with van der Waals surface area (Å²) >= 11 is 0. The van der Waals surface area contributed by atoms with Crippen LogP contribution in [-0.2, 0) is 19.1 Å². The van der Waals surface area contributed by atoms with Gasteiger partial charge in [-0.15, -0.1) is 6.58 Å². The molecule has 0 bridgehead atoms. The molecule has 0 spiro atoms. The van der Waals surface area contributed by atoms with Crippen molar-refractivity contribution in [3.63, 3.8) is 0 Å². The Hall–Kier alpha value is -2.97. The highest BCUT2D eigenvalue weighted by molar-refractivity contribution is 6.08. The van der Waals surface area contributed by atoms with E-state index in [-0.39, 0.29) is 47.8 Å². The lowest BCUT2D eigenvalue weighted by atomic mass is 9.81. The maximum absolute atomic E-state index is 13.6. The predicted octanol–water partition coefficient (Wildman–Crippen LogP) is 5.00. The molecule has 1 heterocycles. The van der Waals surface area contributed by atoms with Gasteiger partial charge in [0.2, 0.25) is 0 Å². The average Bonchev–Trinajstić information content (AvgIpc) is 3.36. The minimum atomic E-state index is -1.14. The van der Waals surface area contributed by atoms with Crippen molar-refractivity contribution >= 4 is 17.5 Å². The first kappa shape index (κ1) is 27.1. The number of aliphatic carboxylic acids is 1. The molecule has 1 aliphatic heterocycles. The van der Waals surface area contributed by atoms with Gasteiger partial charge < -0.3 is 24.1 Å². The fourth-order valence-corrected chi connectivity index (χ4v) is 5.65. The van der Waals surface area contributed by atoms with E-state index in [4.69, 9.17) is 24.1 Å². The van der Waals surface area contributed by atoms with E-state index in [0.717, 1.165) is 44.1 Å². The second-order valence-electron chi connectivity index (χ2n) is 9.91. The number of rotatable bonds is 10. The molecule has 4 rings (SSSR count). The van der Waals surface area contributed by atoms with Crippen molar-refractivity contribution in [1.82, 2.24) is 0 Å². The first-order valence-corrected chi connectivity index (χ1v) is 13.1. The Balaban J connectivity index is 1.80. The summed E-state index contributed by atoms with van der Waals surface area (Å²) in [5.41, 5.74) is 1.92. The summed E-state index contributed by atoms with van der Waals surface area (Å²) < 4.78 is 23.4. The van der Waals surface area contributed by atoms with Crippen molar-refractivity contribution < 1.29 is 38.4 Å². The molecule has 2 fully saturated rings. The van der Waals surface area contributed by atoms with Crippen LogP contribution in [0.2, 0.25) is 0 Å². The summed E-state index contributed by atoms with van der Waals surface area (Å²) in [4.78, 5) is 38.4. The molecule has 2 aliphatic carbocycles. The number of ketones is 2.